The molecule has 4 aromatic heterocycles. The average Bonchev–Trinajstić information content (AvgIpc) is 3.64. The van der Waals surface area contributed by atoms with Gasteiger partial charge in [0, 0.05) is 52.5 Å². The number of anilines is 2. The Labute approximate surface area is 218 Å². The second-order valence-electron chi connectivity index (χ2n) is 8.92. The van der Waals surface area contributed by atoms with Crippen molar-refractivity contribution in [2.24, 2.45) is 0 Å². The van der Waals surface area contributed by atoms with Crippen LogP contribution in [0.25, 0.3) is 33.4 Å². The molecule has 38 heavy (non-hydrogen) atoms. The molecule has 0 aliphatic carbocycles. The number of nitrogens with one attached hydrogen (secondary N) is 4. The predicted molar refractivity (Wildman–Crippen MR) is 147 cm³/mol. The Kier molecular flexibility index (Phi) is 6.07. The third-order valence-electron chi connectivity index (χ3n) is 6.32. The number of carbonyl (C=O) groups is 1. The largest absolute Gasteiger partial charge is 0.351 e. The van der Waals surface area contributed by atoms with Crippen LogP contribution in [0.5, 0.6) is 0 Å². The predicted octanol–water partition coefficient (Wildman–Crippen LogP) is 5.64. The summed E-state index contributed by atoms with van der Waals surface area (Å²) in [4.78, 5) is 29.3. The summed E-state index contributed by atoms with van der Waals surface area (Å²) < 4.78 is 0. The molecule has 6 aromatic rings. The number of H-pyrrole nitrogens is 2. The minimum absolute atomic E-state index is 0.141. The summed E-state index contributed by atoms with van der Waals surface area (Å²) in [6.45, 7) is 1.94. The van der Waals surface area contributed by atoms with Crippen LogP contribution in [0.15, 0.2) is 97.7 Å². The van der Waals surface area contributed by atoms with Crippen molar-refractivity contribution in [3.63, 3.8) is 0 Å². The van der Waals surface area contributed by atoms with Crippen LogP contribution in [0.4, 0.5) is 11.5 Å². The van der Waals surface area contributed by atoms with Gasteiger partial charge in [-0.2, -0.15) is 5.10 Å². The number of fused-ring (bicyclic) bond motifs is 1. The molecule has 9 nitrogen and oxygen atoms in total. The number of carbonyl (C=O) groups excluding carboxylic acids is 1. The van der Waals surface area contributed by atoms with Gasteiger partial charge in [0.05, 0.1) is 12.2 Å². The molecule has 2 aromatic carbocycles. The van der Waals surface area contributed by atoms with Crippen molar-refractivity contribution >= 4 is 28.3 Å². The summed E-state index contributed by atoms with van der Waals surface area (Å²) >= 11 is 0. The van der Waals surface area contributed by atoms with E-state index in [1.54, 1.807) is 24.8 Å². The monoisotopic (exact) mass is 500 g/mol. The maximum Gasteiger partial charge on any atom is 0.268 e. The molecule has 0 aliphatic heterocycles. The van der Waals surface area contributed by atoms with E-state index in [1.807, 2.05) is 79.9 Å². The molecule has 9 heteroatoms. The third-order valence-corrected chi connectivity index (χ3v) is 6.32. The molecule has 1 atom stereocenters. The highest BCUT2D eigenvalue weighted by Gasteiger charge is 2.14. The van der Waals surface area contributed by atoms with Gasteiger partial charge in [0.2, 0.25) is 0 Å². The normalized spacial score (nSPS) is 11.8. The van der Waals surface area contributed by atoms with Crippen LogP contribution >= 0.6 is 0 Å². The van der Waals surface area contributed by atoms with Crippen molar-refractivity contribution < 1.29 is 4.79 Å². The Hall–Kier alpha value is -5.31. The SMILES string of the molecule is CC(NC(=O)c1cc2ccc(-c3nccc(Nc4ccc(-c5cn[nH]c5)cc4)n3)cc2[nH]1)c1ccncc1. The molecule has 0 aliphatic rings. The van der Waals surface area contributed by atoms with Crippen molar-refractivity contribution in [3.8, 4) is 22.5 Å². The maximum atomic E-state index is 12.9. The molecular formula is C29H24N8O. The smallest absolute Gasteiger partial charge is 0.268 e. The molecule has 0 bridgehead atoms. The lowest BCUT2D eigenvalue weighted by atomic mass is 10.1. The highest BCUT2D eigenvalue weighted by atomic mass is 16.1. The van der Waals surface area contributed by atoms with Gasteiger partial charge in [0.1, 0.15) is 11.5 Å². The van der Waals surface area contributed by atoms with Gasteiger partial charge in [-0.1, -0.05) is 24.3 Å². The zero-order valence-electron chi connectivity index (χ0n) is 20.5. The number of hydrogen-bond donors (Lipinski definition) is 4. The molecule has 0 saturated heterocycles. The van der Waals surface area contributed by atoms with Crippen LogP contribution in [0.3, 0.4) is 0 Å². The lowest BCUT2D eigenvalue weighted by Gasteiger charge is -2.13. The van der Waals surface area contributed by atoms with Gasteiger partial charge >= 0.3 is 0 Å². The number of rotatable bonds is 7. The second-order valence-corrected chi connectivity index (χ2v) is 8.92. The van der Waals surface area contributed by atoms with Gasteiger partial charge in [-0.15, -0.1) is 0 Å². The van der Waals surface area contributed by atoms with Crippen molar-refractivity contribution in [1.29, 1.82) is 0 Å². The molecule has 1 amide bonds. The zero-order valence-corrected chi connectivity index (χ0v) is 20.5. The number of benzene rings is 2. The third kappa shape index (κ3) is 4.85. The molecule has 6 rings (SSSR count). The minimum Gasteiger partial charge on any atom is -0.351 e. The van der Waals surface area contributed by atoms with Gasteiger partial charge < -0.3 is 15.6 Å². The fourth-order valence-electron chi connectivity index (χ4n) is 4.27. The van der Waals surface area contributed by atoms with E-state index in [0.717, 1.165) is 38.8 Å². The molecule has 0 saturated carbocycles. The zero-order chi connectivity index (χ0) is 25.9. The topological polar surface area (TPSA) is 124 Å². The summed E-state index contributed by atoms with van der Waals surface area (Å²) in [5.41, 5.74) is 6.19. The maximum absolute atomic E-state index is 12.9. The Morgan fingerprint density at radius 1 is 0.895 bits per heavy atom. The van der Waals surface area contributed by atoms with Crippen molar-refractivity contribution in [1.82, 2.24) is 35.5 Å². The number of aromatic amines is 2. The number of pyridine rings is 1. The summed E-state index contributed by atoms with van der Waals surface area (Å²) in [7, 11) is 0. The van der Waals surface area contributed by atoms with E-state index >= 15 is 0 Å². The molecule has 0 fully saturated rings. The van der Waals surface area contributed by atoms with E-state index in [1.165, 1.54) is 0 Å². The van der Waals surface area contributed by atoms with Crippen LogP contribution in [0, 0.1) is 0 Å². The molecule has 186 valence electrons. The van der Waals surface area contributed by atoms with E-state index in [2.05, 4.69) is 35.8 Å². The van der Waals surface area contributed by atoms with Gasteiger partial charge in [0.15, 0.2) is 5.82 Å². The lowest BCUT2D eigenvalue weighted by molar-refractivity contribution is 0.0935. The molecule has 4 N–H and O–H groups in total. The second kappa shape index (κ2) is 9.98. The standard InChI is InChI=1S/C29H24N8O/c1-18(19-8-11-30-12-9-19)34-29(38)26-14-21-2-3-22(15-25(21)36-26)28-31-13-10-27(37-28)35-24-6-4-20(5-7-24)23-16-32-33-17-23/h2-18,36H,1H3,(H,32,33)(H,34,38)(H,31,35,37). The van der Waals surface area contributed by atoms with E-state index in [4.69, 9.17) is 4.98 Å². The molecule has 0 spiro atoms. The summed E-state index contributed by atoms with van der Waals surface area (Å²) in [6, 6.07) is 21.2. The Morgan fingerprint density at radius 2 is 1.71 bits per heavy atom. The molecule has 0 radical (unpaired) electrons. The van der Waals surface area contributed by atoms with E-state index in [9.17, 15) is 4.79 Å². The lowest BCUT2D eigenvalue weighted by Crippen LogP contribution is -2.26. The summed E-state index contributed by atoms with van der Waals surface area (Å²) in [5.74, 6) is 1.09. The van der Waals surface area contributed by atoms with Crippen molar-refractivity contribution in [2.45, 2.75) is 13.0 Å². The van der Waals surface area contributed by atoms with E-state index in [-0.39, 0.29) is 11.9 Å². The van der Waals surface area contributed by atoms with E-state index in [0.29, 0.717) is 17.3 Å². The van der Waals surface area contributed by atoms with Gasteiger partial charge in [0.25, 0.3) is 5.91 Å². The number of aromatic nitrogens is 6. The van der Waals surface area contributed by atoms with Gasteiger partial charge in [-0.3, -0.25) is 14.9 Å². The van der Waals surface area contributed by atoms with Crippen molar-refractivity contribution in [2.75, 3.05) is 5.32 Å². The highest BCUT2D eigenvalue weighted by Crippen LogP contribution is 2.25. The Morgan fingerprint density at radius 3 is 2.50 bits per heavy atom. The first-order valence-corrected chi connectivity index (χ1v) is 12.2. The molecule has 4 heterocycles. The highest BCUT2D eigenvalue weighted by molar-refractivity contribution is 5.98. The first kappa shape index (κ1) is 23.1. The fourth-order valence-corrected chi connectivity index (χ4v) is 4.27. The average molecular weight is 501 g/mol. The van der Waals surface area contributed by atoms with Crippen LogP contribution in [-0.4, -0.2) is 36.0 Å². The summed E-state index contributed by atoms with van der Waals surface area (Å²) in [5, 5.41) is 14.1. The van der Waals surface area contributed by atoms with Crippen molar-refractivity contribution in [3.05, 3.63) is 109 Å². The fraction of sp³-hybridized carbons (Fsp3) is 0.0690. The minimum atomic E-state index is -0.173. The number of amides is 1. The van der Waals surface area contributed by atoms with Crippen LogP contribution < -0.4 is 10.6 Å². The summed E-state index contributed by atoms with van der Waals surface area (Å²) in [6.07, 6.45) is 8.81. The van der Waals surface area contributed by atoms with Crippen LogP contribution in [0.1, 0.15) is 29.0 Å². The van der Waals surface area contributed by atoms with Gasteiger partial charge in [-0.05, 0) is 60.5 Å². The molecule has 1 unspecified atom stereocenters. The molecular weight excluding hydrogens is 476 g/mol. The number of hydrogen-bond acceptors (Lipinski definition) is 6. The number of nitrogens with zero attached hydrogens (tertiary/aromatic N) is 4. The first-order chi connectivity index (χ1) is 18.6. The first-order valence-electron chi connectivity index (χ1n) is 12.2. The quantitative estimate of drug-likeness (QED) is 0.225. The van der Waals surface area contributed by atoms with Crippen LogP contribution in [-0.2, 0) is 0 Å². The van der Waals surface area contributed by atoms with E-state index < -0.39 is 0 Å². The van der Waals surface area contributed by atoms with Gasteiger partial charge in [-0.25, -0.2) is 9.97 Å². The van der Waals surface area contributed by atoms with Crippen LogP contribution in [0.2, 0.25) is 0 Å². The Bertz CT molecular complexity index is 1690. The Balaban J connectivity index is 1.18.